The minimum Gasteiger partial charge on any atom is -0.338 e. The Morgan fingerprint density at radius 3 is 2.58 bits per heavy atom. The minimum absolute atomic E-state index is 0.310. The smallest absolute Gasteiger partial charge is 0.170 e. The molecule has 0 aliphatic carbocycles. The zero-order valence-electron chi connectivity index (χ0n) is 16.9. The van der Waals surface area contributed by atoms with Crippen LogP contribution in [-0.4, -0.2) is 27.3 Å². The van der Waals surface area contributed by atoms with E-state index in [0.29, 0.717) is 5.69 Å². The van der Waals surface area contributed by atoms with E-state index in [-0.39, 0.29) is 5.82 Å². The van der Waals surface area contributed by atoms with Crippen LogP contribution in [0, 0.1) is 12.7 Å². The second-order valence-electron chi connectivity index (χ2n) is 7.14. The number of nitrogens with zero attached hydrogens (tertiary/aromatic N) is 4. The fraction of sp³-hybridized carbons (Fsp3) is 0.0909. The number of fused-ring (bicyclic) bond motifs is 1. The number of para-hydroxylation sites is 1. The van der Waals surface area contributed by atoms with Gasteiger partial charge in [-0.2, -0.15) is 5.10 Å². The Bertz CT molecular complexity index is 1330. The number of aromatic nitrogens is 2. The maximum absolute atomic E-state index is 13.9. The second kappa shape index (κ2) is 7.71. The number of anilines is 1. The Morgan fingerprint density at radius 2 is 1.87 bits per heavy atom. The Balaban J connectivity index is 1.75. The van der Waals surface area contributed by atoms with E-state index in [1.807, 2.05) is 77.2 Å². The topological polar surface area (TPSA) is 45.5 Å². The van der Waals surface area contributed by atoms with Gasteiger partial charge in [0.1, 0.15) is 5.82 Å². The van der Waals surface area contributed by atoms with E-state index < -0.39 is 6.34 Å². The number of rotatable bonds is 4. The van der Waals surface area contributed by atoms with Gasteiger partial charge < -0.3 is 9.76 Å². The van der Waals surface area contributed by atoms with Crippen molar-refractivity contribution in [2.45, 2.75) is 6.92 Å². The average molecular weight is 468 g/mol. The van der Waals surface area contributed by atoms with E-state index >= 15 is 0 Å². The number of benzene rings is 2. The van der Waals surface area contributed by atoms with E-state index in [1.165, 1.54) is 12.1 Å². The van der Waals surface area contributed by atoms with Crippen LogP contribution in [0.5, 0.6) is 0 Å². The molecule has 5 nitrogen and oxygen atoms in total. The summed E-state index contributed by atoms with van der Waals surface area (Å²) in [6, 6.07) is 20.3. The predicted octanol–water partition coefficient (Wildman–Crippen LogP) is 5.45. The molecule has 0 saturated carbocycles. The summed E-state index contributed by atoms with van der Waals surface area (Å²) in [6.07, 6.45) is -2.63. The molecule has 0 fully saturated rings. The normalized spacial score (nSPS) is 17.9. The molecule has 31 heavy (non-hydrogen) atoms. The van der Waals surface area contributed by atoms with E-state index in [1.54, 1.807) is 17.4 Å². The summed E-state index contributed by atoms with van der Waals surface area (Å²) >= 11 is 7.94. The third-order valence-electron chi connectivity index (χ3n) is 5.10. The zero-order valence-corrected chi connectivity index (χ0v) is 19.4. The van der Waals surface area contributed by atoms with Crippen molar-refractivity contribution in [2.75, 3.05) is 12.1 Å². The lowest BCUT2D eigenvalue weighted by Gasteiger charge is -2.38. The highest BCUT2D eigenvalue weighted by Crippen LogP contribution is 2.54. The van der Waals surface area contributed by atoms with E-state index in [0.717, 1.165) is 33.2 Å². The van der Waals surface area contributed by atoms with E-state index in [9.17, 15) is 4.39 Å². The van der Waals surface area contributed by atoms with Crippen LogP contribution >= 0.6 is 17.7 Å². The summed E-state index contributed by atoms with van der Waals surface area (Å²) < 4.78 is 17.8. The maximum Gasteiger partial charge on any atom is 0.170 e. The highest BCUT2D eigenvalue weighted by atomic mass is 32.4. The van der Waals surface area contributed by atoms with Gasteiger partial charge in [-0.15, -0.1) is 11.3 Å². The molecule has 1 aliphatic rings. The number of halogens is 1. The number of thiophene rings is 1. The minimum atomic E-state index is -2.63. The van der Waals surface area contributed by atoms with Crippen molar-refractivity contribution in [3.63, 3.8) is 0 Å². The van der Waals surface area contributed by atoms with Crippen LogP contribution in [-0.2, 0) is 11.8 Å². The van der Waals surface area contributed by atoms with Crippen molar-refractivity contribution in [2.24, 2.45) is 4.99 Å². The number of nitrogens with one attached hydrogen (secondary N) is 1. The van der Waals surface area contributed by atoms with Crippen LogP contribution in [0.15, 0.2) is 77.1 Å². The third kappa shape index (κ3) is 3.41. The monoisotopic (exact) mass is 467 g/mol. The molecule has 0 unspecified atom stereocenters. The van der Waals surface area contributed by atoms with Gasteiger partial charge in [0, 0.05) is 12.7 Å². The number of hydrogen-bond acceptors (Lipinski definition) is 4. The lowest BCUT2D eigenvalue weighted by Crippen LogP contribution is -2.36. The first-order valence-corrected chi connectivity index (χ1v) is 13.3. The summed E-state index contributed by atoms with van der Waals surface area (Å²) in [7, 11) is 1.95. The van der Waals surface area contributed by atoms with E-state index in [4.69, 9.17) is 21.9 Å². The van der Waals surface area contributed by atoms with E-state index in [2.05, 4.69) is 5.09 Å². The van der Waals surface area contributed by atoms with Crippen molar-refractivity contribution in [1.82, 2.24) is 14.5 Å². The van der Waals surface area contributed by atoms with Gasteiger partial charge in [-0.1, -0.05) is 30.3 Å². The fourth-order valence-corrected chi connectivity index (χ4v) is 8.03. The van der Waals surface area contributed by atoms with Crippen molar-refractivity contribution < 1.29 is 4.39 Å². The average Bonchev–Trinajstić information content (AvgIpc) is 3.40. The lowest BCUT2D eigenvalue weighted by molar-refractivity contribution is 0.628. The molecule has 9 heteroatoms. The van der Waals surface area contributed by atoms with Crippen molar-refractivity contribution >= 4 is 52.1 Å². The Hall–Kier alpha value is -2.80. The Labute approximate surface area is 189 Å². The van der Waals surface area contributed by atoms with Gasteiger partial charge in [0.15, 0.2) is 18.0 Å². The quantitative estimate of drug-likeness (QED) is 0.406. The lowest BCUT2D eigenvalue weighted by atomic mass is 10.3. The number of aliphatic imine (C=N–C) groups is 1. The summed E-state index contributed by atoms with van der Waals surface area (Å²) in [5, 5.41) is 11.2. The molecule has 0 bridgehead atoms. The van der Waals surface area contributed by atoms with Gasteiger partial charge in [0.05, 0.1) is 21.6 Å². The van der Waals surface area contributed by atoms with Crippen molar-refractivity contribution in [3.05, 3.63) is 88.5 Å². The van der Waals surface area contributed by atoms with Gasteiger partial charge >= 0.3 is 0 Å². The van der Waals surface area contributed by atoms with Crippen LogP contribution in [0.25, 0.3) is 5.69 Å². The van der Waals surface area contributed by atoms with Crippen LogP contribution in [0.2, 0.25) is 0 Å². The molecule has 2 aromatic heterocycles. The summed E-state index contributed by atoms with van der Waals surface area (Å²) in [5.41, 5.74) is 2.37. The first kappa shape index (κ1) is 20.1. The fourth-order valence-electron chi connectivity index (χ4n) is 3.65. The highest BCUT2D eigenvalue weighted by Gasteiger charge is 2.39. The number of aryl methyl sites for hydroxylation is 1. The highest BCUT2D eigenvalue weighted by molar-refractivity contribution is 8.18. The maximum atomic E-state index is 13.9. The summed E-state index contributed by atoms with van der Waals surface area (Å²) in [4.78, 5) is 6.04. The molecule has 4 aromatic rings. The van der Waals surface area contributed by atoms with Gasteiger partial charge in [0.2, 0.25) is 0 Å². The molecule has 0 spiro atoms. The summed E-state index contributed by atoms with van der Waals surface area (Å²) in [5.74, 6) is 1.19. The van der Waals surface area contributed by atoms with Gasteiger partial charge in [-0.25, -0.2) is 14.1 Å². The molecule has 2 aromatic carbocycles. The molecule has 3 heterocycles. The SMILES string of the molecule is Cc1nn(-c2ccccc2)c2c1[P@@](=S)(Nc1cccc(F)c1)N(C)C(c1cccs1)=N2. The zero-order chi connectivity index (χ0) is 21.6. The van der Waals surface area contributed by atoms with Gasteiger partial charge in [-0.3, -0.25) is 0 Å². The summed E-state index contributed by atoms with van der Waals surface area (Å²) in [6.45, 7) is 1.95. The molecular formula is C22H19FN5PS2. The Morgan fingerprint density at radius 1 is 1.06 bits per heavy atom. The molecule has 1 aliphatic heterocycles. The van der Waals surface area contributed by atoms with Crippen LogP contribution < -0.4 is 10.4 Å². The van der Waals surface area contributed by atoms with Crippen molar-refractivity contribution in [1.29, 1.82) is 0 Å². The molecule has 1 N–H and O–H groups in total. The molecule has 156 valence electrons. The number of hydrogen-bond donors (Lipinski definition) is 1. The van der Waals surface area contributed by atoms with Crippen LogP contribution in [0.4, 0.5) is 15.9 Å². The largest absolute Gasteiger partial charge is 0.338 e. The molecule has 5 rings (SSSR count). The molecule has 0 saturated heterocycles. The predicted molar refractivity (Wildman–Crippen MR) is 131 cm³/mol. The first-order chi connectivity index (χ1) is 15.0. The van der Waals surface area contributed by atoms with Crippen molar-refractivity contribution in [3.8, 4) is 5.69 Å². The standard InChI is InChI=1S/C22H19FN5PS2/c1-15-20-22(28(25-15)18-10-4-3-5-11-18)24-21(19-12-7-13-31-19)27(2)29(20,30)26-17-9-6-8-16(23)14-17/h3-14H,1-2H3,(H,26,30)/t29-/m1/s1. The Kier molecular flexibility index (Phi) is 5.01. The molecule has 1 atom stereocenters. The number of amidine groups is 1. The molecule has 0 radical (unpaired) electrons. The molecule has 0 amide bonds. The first-order valence-electron chi connectivity index (χ1n) is 9.63. The molecular weight excluding hydrogens is 448 g/mol. The third-order valence-corrected chi connectivity index (χ3v) is 10.2. The van der Waals surface area contributed by atoms with Crippen LogP contribution in [0.3, 0.4) is 0 Å². The second-order valence-corrected chi connectivity index (χ2v) is 12.1. The van der Waals surface area contributed by atoms with Gasteiger partial charge in [-0.05, 0) is 60.5 Å². The van der Waals surface area contributed by atoms with Gasteiger partial charge in [0.25, 0.3) is 0 Å². The van der Waals surface area contributed by atoms with Crippen LogP contribution in [0.1, 0.15) is 10.6 Å².